The fraction of sp³-hybridized carbons (Fsp3) is 0.391. The molecule has 0 saturated carbocycles. The van der Waals surface area contributed by atoms with Crippen LogP contribution < -0.4 is 10.1 Å². The third-order valence-corrected chi connectivity index (χ3v) is 5.23. The van der Waals surface area contributed by atoms with Gasteiger partial charge < -0.3 is 10.1 Å². The van der Waals surface area contributed by atoms with E-state index in [0.29, 0.717) is 0 Å². The van der Waals surface area contributed by atoms with E-state index < -0.39 is 0 Å². The van der Waals surface area contributed by atoms with Gasteiger partial charge in [0.2, 0.25) is 5.91 Å². The minimum Gasteiger partial charge on any atom is -0.496 e. The Morgan fingerprint density at radius 3 is 2.56 bits per heavy atom. The summed E-state index contributed by atoms with van der Waals surface area (Å²) >= 11 is 0. The number of hydrogen-bond donors (Lipinski definition) is 1. The number of ether oxygens (including phenoxy) is 1. The number of benzene rings is 2. The summed E-state index contributed by atoms with van der Waals surface area (Å²) in [4.78, 5) is 24.8. The van der Waals surface area contributed by atoms with Gasteiger partial charge in [0.15, 0.2) is 5.78 Å². The first-order valence-electron chi connectivity index (χ1n) is 9.65. The number of methoxy groups -OCH3 is 1. The van der Waals surface area contributed by atoms with Gasteiger partial charge in [0.1, 0.15) is 5.75 Å². The average molecular weight is 365 g/mol. The van der Waals surface area contributed by atoms with E-state index in [2.05, 4.69) is 11.4 Å². The van der Waals surface area contributed by atoms with Gasteiger partial charge in [-0.3, -0.25) is 9.59 Å². The van der Waals surface area contributed by atoms with Crippen LogP contribution in [-0.4, -0.2) is 18.8 Å². The first-order chi connectivity index (χ1) is 13.1. The van der Waals surface area contributed by atoms with Crippen molar-refractivity contribution in [3.63, 3.8) is 0 Å². The van der Waals surface area contributed by atoms with Crippen LogP contribution in [0.5, 0.6) is 5.75 Å². The van der Waals surface area contributed by atoms with E-state index in [1.54, 1.807) is 7.11 Å². The van der Waals surface area contributed by atoms with Crippen LogP contribution in [0.4, 0.5) is 0 Å². The number of ketones is 1. The Kier molecular flexibility index (Phi) is 6.28. The van der Waals surface area contributed by atoms with Crippen molar-refractivity contribution in [2.75, 3.05) is 7.11 Å². The summed E-state index contributed by atoms with van der Waals surface area (Å²) in [6, 6.07) is 13.4. The van der Waals surface area contributed by atoms with Crippen molar-refractivity contribution in [3.05, 3.63) is 64.7 Å². The summed E-state index contributed by atoms with van der Waals surface area (Å²) in [7, 11) is 1.62. The summed E-state index contributed by atoms with van der Waals surface area (Å²) in [5.41, 5.74) is 4.30. The van der Waals surface area contributed by atoms with E-state index in [4.69, 9.17) is 4.74 Å². The van der Waals surface area contributed by atoms with Crippen molar-refractivity contribution in [1.82, 2.24) is 5.32 Å². The molecule has 0 spiro atoms. The lowest BCUT2D eigenvalue weighted by atomic mass is 9.89. The molecule has 0 fully saturated rings. The van der Waals surface area contributed by atoms with E-state index >= 15 is 0 Å². The van der Waals surface area contributed by atoms with Crippen molar-refractivity contribution in [3.8, 4) is 5.75 Å². The molecular formula is C23H27NO3. The summed E-state index contributed by atoms with van der Waals surface area (Å²) in [5, 5.41) is 2.96. The number of para-hydroxylation sites is 1. The second-order valence-corrected chi connectivity index (χ2v) is 7.14. The monoisotopic (exact) mass is 365 g/mol. The molecule has 0 saturated heterocycles. The Labute approximate surface area is 160 Å². The topological polar surface area (TPSA) is 55.4 Å². The molecule has 27 heavy (non-hydrogen) atoms. The fourth-order valence-corrected chi connectivity index (χ4v) is 3.69. The van der Waals surface area contributed by atoms with Gasteiger partial charge in [0, 0.05) is 24.0 Å². The number of fused-ring (bicyclic) bond motifs is 1. The Hall–Kier alpha value is -2.62. The van der Waals surface area contributed by atoms with Gasteiger partial charge in [-0.2, -0.15) is 0 Å². The highest BCUT2D eigenvalue weighted by atomic mass is 16.5. The zero-order chi connectivity index (χ0) is 19.2. The van der Waals surface area contributed by atoms with E-state index in [9.17, 15) is 9.59 Å². The molecule has 0 heterocycles. The number of aryl methyl sites for hydroxylation is 2. The van der Waals surface area contributed by atoms with Crippen molar-refractivity contribution >= 4 is 11.7 Å². The molecule has 0 bridgehead atoms. The maximum absolute atomic E-state index is 12.5. The zero-order valence-electron chi connectivity index (χ0n) is 16.1. The first kappa shape index (κ1) is 19.2. The van der Waals surface area contributed by atoms with Crippen LogP contribution >= 0.6 is 0 Å². The van der Waals surface area contributed by atoms with E-state index in [-0.39, 0.29) is 30.6 Å². The van der Waals surface area contributed by atoms with Gasteiger partial charge in [0.25, 0.3) is 0 Å². The Morgan fingerprint density at radius 2 is 1.78 bits per heavy atom. The largest absolute Gasteiger partial charge is 0.496 e. The Morgan fingerprint density at radius 1 is 1.04 bits per heavy atom. The van der Waals surface area contributed by atoms with Crippen molar-refractivity contribution in [2.45, 2.75) is 51.5 Å². The summed E-state index contributed by atoms with van der Waals surface area (Å²) in [6.07, 6.45) is 4.98. The molecule has 1 N–H and O–H groups in total. The highest BCUT2D eigenvalue weighted by molar-refractivity contribution is 5.98. The van der Waals surface area contributed by atoms with Gasteiger partial charge >= 0.3 is 0 Å². The number of carbonyl (C=O) groups excluding carboxylic acids is 2. The summed E-state index contributed by atoms with van der Waals surface area (Å²) in [5.74, 6) is 0.652. The minimum atomic E-state index is -0.174. The zero-order valence-corrected chi connectivity index (χ0v) is 16.1. The lowest BCUT2D eigenvalue weighted by Gasteiger charge is -2.17. The quantitative estimate of drug-likeness (QED) is 0.739. The maximum atomic E-state index is 12.5. The van der Waals surface area contributed by atoms with Crippen LogP contribution in [0.25, 0.3) is 0 Å². The molecule has 1 aliphatic carbocycles. The van der Waals surface area contributed by atoms with Crippen LogP contribution in [0, 0.1) is 0 Å². The molecule has 2 aromatic rings. The van der Waals surface area contributed by atoms with Gasteiger partial charge in [-0.05, 0) is 55.9 Å². The second-order valence-electron chi connectivity index (χ2n) is 7.14. The lowest BCUT2D eigenvalue weighted by molar-refractivity contribution is -0.121. The summed E-state index contributed by atoms with van der Waals surface area (Å²) in [6.45, 7) is 1.92. The normalized spacial score (nSPS) is 14.1. The number of nitrogens with one attached hydrogen (secondary N) is 1. The number of amides is 1. The molecule has 1 aliphatic rings. The van der Waals surface area contributed by atoms with Crippen LogP contribution in [0.15, 0.2) is 42.5 Å². The molecule has 4 nitrogen and oxygen atoms in total. The average Bonchev–Trinajstić information content (AvgIpc) is 2.71. The molecule has 0 aliphatic heterocycles. The highest BCUT2D eigenvalue weighted by Crippen LogP contribution is 2.25. The molecule has 2 aromatic carbocycles. The Bertz CT molecular complexity index is 828. The molecule has 0 radical (unpaired) electrons. The van der Waals surface area contributed by atoms with Crippen LogP contribution in [0.3, 0.4) is 0 Å². The molecular weight excluding hydrogens is 338 g/mol. The highest BCUT2D eigenvalue weighted by Gasteiger charge is 2.16. The van der Waals surface area contributed by atoms with Gasteiger partial charge in [0.05, 0.1) is 13.2 Å². The maximum Gasteiger partial charge on any atom is 0.220 e. The van der Waals surface area contributed by atoms with E-state index in [0.717, 1.165) is 29.7 Å². The molecule has 142 valence electrons. The molecule has 1 atom stereocenters. The molecule has 1 unspecified atom stereocenters. The smallest absolute Gasteiger partial charge is 0.220 e. The number of rotatable bonds is 7. The molecule has 3 rings (SSSR count). The van der Waals surface area contributed by atoms with E-state index in [1.807, 2.05) is 43.3 Å². The SMILES string of the molecule is COc1ccccc1C(C)NC(=O)CCC(=O)c1ccc2c(c1)CCCC2. The first-order valence-corrected chi connectivity index (χ1v) is 9.65. The third kappa shape index (κ3) is 4.76. The minimum absolute atomic E-state index is 0.0310. The number of Topliss-reactive ketones (excluding diaryl/α,β-unsaturated/α-hetero) is 1. The second kappa shape index (κ2) is 8.85. The predicted molar refractivity (Wildman–Crippen MR) is 106 cm³/mol. The van der Waals surface area contributed by atoms with Crippen molar-refractivity contribution in [1.29, 1.82) is 0 Å². The van der Waals surface area contributed by atoms with Crippen molar-refractivity contribution in [2.24, 2.45) is 0 Å². The fourth-order valence-electron chi connectivity index (χ4n) is 3.69. The van der Waals surface area contributed by atoms with Crippen LogP contribution in [-0.2, 0) is 17.6 Å². The Balaban J connectivity index is 1.55. The van der Waals surface area contributed by atoms with Crippen molar-refractivity contribution < 1.29 is 14.3 Å². The number of hydrogen-bond acceptors (Lipinski definition) is 3. The molecule has 1 amide bonds. The third-order valence-electron chi connectivity index (χ3n) is 5.23. The lowest BCUT2D eigenvalue weighted by Crippen LogP contribution is -2.27. The van der Waals surface area contributed by atoms with Crippen LogP contribution in [0.1, 0.15) is 65.7 Å². The predicted octanol–water partition coefficient (Wildman–Crippen LogP) is 4.41. The number of carbonyl (C=O) groups is 2. The summed E-state index contributed by atoms with van der Waals surface area (Å²) < 4.78 is 5.34. The van der Waals surface area contributed by atoms with E-state index in [1.165, 1.54) is 24.0 Å². The molecule has 0 aromatic heterocycles. The van der Waals surface area contributed by atoms with Gasteiger partial charge in [-0.1, -0.05) is 30.3 Å². The van der Waals surface area contributed by atoms with Gasteiger partial charge in [-0.15, -0.1) is 0 Å². The molecule has 4 heteroatoms. The van der Waals surface area contributed by atoms with Gasteiger partial charge in [-0.25, -0.2) is 0 Å². The van der Waals surface area contributed by atoms with Crippen LogP contribution in [0.2, 0.25) is 0 Å². The standard InChI is InChI=1S/C23H27NO3/c1-16(20-9-5-6-10-22(20)27-2)24-23(26)14-13-21(25)19-12-11-17-7-3-4-8-18(17)15-19/h5-6,9-12,15-16H,3-4,7-8,13-14H2,1-2H3,(H,24,26).